The maximum absolute atomic E-state index is 12.0. The molecule has 0 unspecified atom stereocenters. The molecule has 0 spiro atoms. The van der Waals surface area contributed by atoms with E-state index in [0.29, 0.717) is 25.2 Å². The molecule has 0 atom stereocenters. The zero-order valence-electron chi connectivity index (χ0n) is 13.9. The van der Waals surface area contributed by atoms with Gasteiger partial charge >= 0.3 is 0 Å². The van der Waals surface area contributed by atoms with E-state index in [9.17, 15) is 14.4 Å². The van der Waals surface area contributed by atoms with Crippen molar-refractivity contribution in [3.8, 4) is 11.3 Å². The number of carbonyl (C=O) groups is 1. The Bertz CT molecular complexity index is 991. The number of rotatable bonds is 6. The molecule has 2 heterocycles. The molecular weight excluding hydrogens is 334 g/mol. The van der Waals surface area contributed by atoms with Crippen LogP contribution >= 0.6 is 0 Å². The van der Waals surface area contributed by atoms with E-state index in [1.807, 2.05) is 30.3 Å². The van der Waals surface area contributed by atoms with E-state index < -0.39 is 0 Å². The maximum atomic E-state index is 12.0. The summed E-state index contributed by atoms with van der Waals surface area (Å²) in [4.78, 5) is 34.8. The van der Waals surface area contributed by atoms with Gasteiger partial charge in [-0.05, 0) is 18.6 Å². The first-order chi connectivity index (χ1) is 12.6. The van der Waals surface area contributed by atoms with Crippen molar-refractivity contribution in [2.45, 2.75) is 13.0 Å². The molecule has 3 aromatic rings. The lowest BCUT2D eigenvalue weighted by atomic mass is 10.1. The highest BCUT2D eigenvalue weighted by atomic mass is 16.2. The minimum atomic E-state index is -0.389. The van der Waals surface area contributed by atoms with Crippen LogP contribution in [0, 0.1) is 0 Å². The molecule has 26 heavy (non-hydrogen) atoms. The van der Waals surface area contributed by atoms with Crippen molar-refractivity contribution in [1.82, 2.24) is 25.3 Å². The minimum absolute atomic E-state index is 0.131. The number of aryl methyl sites for hydroxylation is 1. The second-order valence-electron chi connectivity index (χ2n) is 5.56. The number of nitrogens with zero attached hydrogens (tertiary/aromatic N) is 3. The molecule has 0 radical (unpaired) electrons. The summed E-state index contributed by atoms with van der Waals surface area (Å²) in [6.07, 6.45) is 0.528. The molecule has 1 amide bonds. The van der Waals surface area contributed by atoms with E-state index >= 15 is 0 Å². The summed E-state index contributed by atoms with van der Waals surface area (Å²) in [7, 11) is 0. The number of nitrogens with one attached hydrogen (secondary N) is 2. The number of H-pyrrole nitrogens is 1. The summed E-state index contributed by atoms with van der Waals surface area (Å²) < 4.78 is 1.38. The second-order valence-corrected chi connectivity index (χ2v) is 5.56. The Morgan fingerprint density at radius 3 is 2.58 bits per heavy atom. The topological polar surface area (TPSA) is 110 Å². The number of aromatic amines is 1. The number of benzene rings is 1. The predicted octanol–water partition coefficient (Wildman–Crippen LogP) is 0.814. The van der Waals surface area contributed by atoms with Gasteiger partial charge in [0.1, 0.15) is 5.69 Å². The Hall–Kier alpha value is -3.55. The molecule has 0 aliphatic heterocycles. The van der Waals surface area contributed by atoms with Crippen molar-refractivity contribution in [2.75, 3.05) is 6.54 Å². The van der Waals surface area contributed by atoms with Crippen LogP contribution in [0.1, 0.15) is 16.9 Å². The summed E-state index contributed by atoms with van der Waals surface area (Å²) >= 11 is 0. The van der Waals surface area contributed by atoms with Crippen molar-refractivity contribution in [2.24, 2.45) is 0 Å². The Morgan fingerprint density at radius 2 is 1.85 bits per heavy atom. The number of amides is 1. The van der Waals surface area contributed by atoms with Gasteiger partial charge in [0.2, 0.25) is 0 Å². The molecule has 0 saturated heterocycles. The van der Waals surface area contributed by atoms with E-state index in [0.717, 1.165) is 5.56 Å². The van der Waals surface area contributed by atoms with Crippen LogP contribution in [0.2, 0.25) is 0 Å². The SMILES string of the molecule is O=C(NCCCn1nc(-c2ccccc2)ccc1=O)c1ccc(=O)[nH]n1. The van der Waals surface area contributed by atoms with E-state index in [4.69, 9.17) is 0 Å². The molecule has 0 bridgehead atoms. The monoisotopic (exact) mass is 351 g/mol. The van der Waals surface area contributed by atoms with E-state index in [-0.39, 0.29) is 22.7 Å². The van der Waals surface area contributed by atoms with Crippen molar-refractivity contribution in [3.63, 3.8) is 0 Å². The van der Waals surface area contributed by atoms with Crippen LogP contribution in [0.3, 0.4) is 0 Å². The Morgan fingerprint density at radius 1 is 1.04 bits per heavy atom. The van der Waals surface area contributed by atoms with Gasteiger partial charge in [0.15, 0.2) is 0 Å². The first-order valence-electron chi connectivity index (χ1n) is 8.11. The van der Waals surface area contributed by atoms with Crippen LogP contribution in [0.25, 0.3) is 11.3 Å². The molecule has 1 aromatic carbocycles. The highest BCUT2D eigenvalue weighted by molar-refractivity contribution is 5.91. The predicted molar refractivity (Wildman–Crippen MR) is 95.7 cm³/mol. The smallest absolute Gasteiger partial charge is 0.271 e. The van der Waals surface area contributed by atoms with Gasteiger partial charge in [-0.2, -0.15) is 10.2 Å². The normalized spacial score (nSPS) is 10.5. The molecular formula is C18H17N5O3. The molecule has 0 aliphatic rings. The molecule has 8 heteroatoms. The quantitative estimate of drug-likeness (QED) is 0.639. The first-order valence-corrected chi connectivity index (χ1v) is 8.11. The first kappa shape index (κ1) is 17.3. The maximum Gasteiger partial charge on any atom is 0.271 e. The van der Waals surface area contributed by atoms with Crippen LogP contribution < -0.4 is 16.4 Å². The molecule has 0 aliphatic carbocycles. The molecule has 3 rings (SSSR count). The lowest BCUT2D eigenvalue weighted by Gasteiger charge is -2.08. The lowest BCUT2D eigenvalue weighted by molar-refractivity contribution is 0.0946. The molecule has 0 saturated carbocycles. The fourth-order valence-corrected chi connectivity index (χ4v) is 2.36. The molecule has 132 valence electrons. The van der Waals surface area contributed by atoms with Gasteiger partial charge in [-0.15, -0.1) is 0 Å². The standard InChI is InChI=1S/C18H17N5O3/c24-16-9-7-15(20-21-16)18(26)19-11-4-12-23-17(25)10-8-14(22-23)13-5-2-1-3-6-13/h1-3,5-10H,4,11-12H2,(H,19,26)(H,21,24). The number of aromatic nitrogens is 4. The summed E-state index contributed by atoms with van der Waals surface area (Å²) in [6, 6.07) is 15.3. The molecule has 2 N–H and O–H groups in total. The molecule has 8 nitrogen and oxygen atoms in total. The number of carbonyl (C=O) groups excluding carboxylic acids is 1. The number of hydrogen-bond acceptors (Lipinski definition) is 5. The highest BCUT2D eigenvalue weighted by Crippen LogP contribution is 2.13. The Kier molecular flexibility index (Phi) is 5.33. The largest absolute Gasteiger partial charge is 0.351 e. The number of hydrogen-bond donors (Lipinski definition) is 2. The summed E-state index contributed by atoms with van der Waals surface area (Å²) in [6.45, 7) is 0.724. The third kappa shape index (κ3) is 4.29. The van der Waals surface area contributed by atoms with Gasteiger partial charge in [0, 0.05) is 30.8 Å². The average molecular weight is 351 g/mol. The lowest BCUT2D eigenvalue weighted by Crippen LogP contribution is -2.29. The van der Waals surface area contributed by atoms with Gasteiger partial charge in [-0.25, -0.2) is 9.78 Å². The summed E-state index contributed by atoms with van der Waals surface area (Å²) in [5, 5.41) is 12.9. The van der Waals surface area contributed by atoms with Crippen LogP contribution in [0.4, 0.5) is 0 Å². The summed E-state index contributed by atoms with van der Waals surface area (Å²) in [5.74, 6) is -0.389. The third-order valence-corrected chi connectivity index (χ3v) is 3.68. The zero-order valence-corrected chi connectivity index (χ0v) is 13.9. The van der Waals surface area contributed by atoms with Crippen molar-refractivity contribution >= 4 is 5.91 Å². The van der Waals surface area contributed by atoms with Gasteiger partial charge in [0.05, 0.1) is 5.69 Å². The fourth-order valence-electron chi connectivity index (χ4n) is 2.36. The van der Waals surface area contributed by atoms with Gasteiger partial charge < -0.3 is 5.32 Å². The van der Waals surface area contributed by atoms with Gasteiger partial charge in [-0.1, -0.05) is 30.3 Å². The fraction of sp³-hybridized carbons (Fsp3) is 0.167. The Balaban J connectivity index is 1.58. The van der Waals surface area contributed by atoms with E-state index in [1.54, 1.807) is 6.07 Å². The molecule has 0 fully saturated rings. The Labute approximate surface area is 148 Å². The van der Waals surface area contributed by atoms with Crippen molar-refractivity contribution < 1.29 is 4.79 Å². The van der Waals surface area contributed by atoms with Crippen LogP contribution in [0.15, 0.2) is 64.2 Å². The summed E-state index contributed by atoms with van der Waals surface area (Å²) in [5.41, 5.74) is 1.21. The third-order valence-electron chi connectivity index (χ3n) is 3.68. The van der Waals surface area contributed by atoms with Gasteiger partial charge in [0.25, 0.3) is 17.0 Å². The highest BCUT2D eigenvalue weighted by Gasteiger charge is 2.07. The zero-order chi connectivity index (χ0) is 18.4. The van der Waals surface area contributed by atoms with Crippen molar-refractivity contribution in [1.29, 1.82) is 0 Å². The van der Waals surface area contributed by atoms with E-state index in [2.05, 4.69) is 20.6 Å². The van der Waals surface area contributed by atoms with E-state index in [1.165, 1.54) is 22.9 Å². The van der Waals surface area contributed by atoms with Crippen LogP contribution in [0.5, 0.6) is 0 Å². The second kappa shape index (κ2) is 8.02. The van der Waals surface area contributed by atoms with Crippen LogP contribution in [-0.2, 0) is 6.54 Å². The van der Waals surface area contributed by atoms with Gasteiger partial charge in [-0.3, -0.25) is 14.4 Å². The van der Waals surface area contributed by atoms with Crippen molar-refractivity contribution in [3.05, 3.63) is 81.0 Å². The molecule has 2 aromatic heterocycles. The minimum Gasteiger partial charge on any atom is -0.351 e. The van der Waals surface area contributed by atoms with Crippen LogP contribution in [-0.4, -0.2) is 32.4 Å². The average Bonchev–Trinajstić information content (AvgIpc) is 2.67.